The molecule has 3 heterocycles. The molecule has 0 N–H and O–H groups in total. The molecule has 9 heteroatoms. The lowest BCUT2D eigenvalue weighted by atomic mass is 10.2. The largest absolute Gasteiger partial charge is 0.339 e. The minimum absolute atomic E-state index is 0.144. The predicted molar refractivity (Wildman–Crippen MR) is 133 cm³/mol. The monoisotopic (exact) mass is 478 g/mol. The average molecular weight is 479 g/mol. The van der Waals surface area contributed by atoms with E-state index in [-0.39, 0.29) is 11.9 Å². The van der Waals surface area contributed by atoms with Crippen LogP contribution in [-0.4, -0.2) is 67.4 Å². The summed E-state index contributed by atoms with van der Waals surface area (Å²) in [7, 11) is 0. The first-order chi connectivity index (χ1) is 16.1. The number of aryl methyl sites for hydroxylation is 1. The van der Waals surface area contributed by atoms with Crippen LogP contribution in [0.4, 0.5) is 0 Å². The van der Waals surface area contributed by atoms with Crippen molar-refractivity contribution in [2.45, 2.75) is 25.0 Å². The van der Waals surface area contributed by atoms with Crippen LogP contribution in [0.25, 0.3) is 15.9 Å². The summed E-state index contributed by atoms with van der Waals surface area (Å²) >= 11 is 3.20. The Morgan fingerprint density at radius 1 is 1.09 bits per heavy atom. The number of carbonyl (C=O) groups is 1. The normalized spacial score (nSPS) is 15.8. The molecule has 0 aliphatic carbocycles. The van der Waals surface area contributed by atoms with E-state index in [0.717, 1.165) is 47.5 Å². The summed E-state index contributed by atoms with van der Waals surface area (Å²) in [6.07, 6.45) is 1.69. The fourth-order valence-electron chi connectivity index (χ4n) is 4.01. The molecule has 1 aliphatic heterocycles. The summed E-state index contributed by atoms with van der Waals surface area (Å²) in [6.45, 7) is 7.45. The molecule has 1 amide bonds. The van der Waals surface area contributed by atoms with E-state index in [1.807, 2.05) is 27.7 Å². The number of para-hydroxylation sites is 1. The number of thiazole rings is 1. The topological polar surface area (TPSA) is 67.2 Å². The number of hydrogen-bond acceptors (Lipinski definition) is 7. The Labute approximate surface area is 201 Å². The molecule has 1 saturated heterocycles. The van der Waals surface area contributed by atoms with Crippen molar-refractivity contribution in [1.82, 2.24) is 29.5 Å². The third kappa shape index (κ3) is 4.80. The average Bonchev–Trinajstić information content (AvgIpc) is 3.50. The number of aromatic nitrogens is 4. The molecule has 1 unspecified atom stereocenters. The molecule has 2 aromatic heterocycles. The van der Waals surface area contributed by atoms with Crippen LogP contribution in [0.2, 0.25) is 0 Å². The van der Waals surface area contributed by atoms with Gasteiger partial charge in [-0.1, -0.05) is 41.6 Å². The van der Waals surface area contributed by atoms with Crippen molar-refractivity contribution in [3.63, 3.8) is 0 Å². The molecule has 0 bridgehead atoms. The number of amides is 1. The fraction of sp³-hybridized carbons (Fsp3) is 0.333. The van der Waals surface area contributed by atoms with Crippen LogP contribution in [-0.2, 0) is 4.79 Å². The van der Waals surface area contributed by atoms with Gasteiger partial charge in [-0.15, -0.1) is 21.5 Å². The van der Waals surface area contributed by atoms with Gasteiger partial charge in [0.2, 0.25) is 5.91 Å². The molecular weight excluding hydrogens is 452 g/mol. The second-order valence-corrected chi connectivity index (χ2v) is 10.2. The van der Waals surface area contributed by atoms with E-state index < -0.39 is 0 Å². The van der Waals surface area contributed by atoms with Gasteiger partial charge in [-0.2, -0.15) is 0 Å². The Morgan fingerprint density at radius 3 is 2.61 bits per heavy atom. The highest BCUT2D eigenvalue weighted by Gasteiger charge is 2.26. The summed E-state index contributed by atoms with van der Waals surface area (Å²) in [5.41, 5.74) is 3.26. The molecule has 0 spiro atoms. The second-order valence-electron chi connectivity index (χ2n) is 8.22. The number of thioether (sulfide) groups is 1. The lowest BCUT2D eigenvalue weighted by Gasteiger charge is -2.37. The van der Waals surface area contributed by atoms with Crippen molar-refractivity contribution >= 4 is 39.2 Å². The first-order valence-electron chi connectivity index (χ1n) is 11.1. The third-order valence-corrected chi connectivity index (χ3v) is 8.17. The van der Waals surface area contributed by atoms with Crippen LogP contribution in [0.3, 0.4) is 0 Å². The quantitative estimate of drug-likeness (QED) is 0.387. The summed E-state index contributed by atoms with van der Waals surface area (Å²) in [6, 6.07) is 16.7. The van der Waals surface area contributed by atoms with Gasteiger partial charge in [0, 0.05) is 31.9 Å². The van der Waals surface area contributed by atoms with E-state index in [1.54, 1.807) is 17.7 Å². The maximum Gasteiger partial charge on any atom is 0.233 e. The number of fused-ring (bicyclic) bond motifs is 1. The minimum atomic E-state index is 0.144. The van der Waals surface area contributed by atoms with Crippen molar-refractivity contribution in [1.29, 1.82) is 0 Å². The van der Waals surface area contributed by atoms with Gasteiger partial charge in [-0.05, 0) is 38.1 Å². The smallest absolute Gasteiger partial charge is 0.233 e. The zero-order chi connectivity index (χ0) is 22.8. The zero-order valence-electron chi connectivity index (χ0n) is 18.7. The molecule has 170 valence electrons. The van der Waals surface area contributed by atoms with Gasteiger partial charge in [-0.3, -0.25) is 14.3 Å². The van der Waals surface area contributed by atoms with Crippen LogP contribution < -0.4 is 0 Å². The van der Waals surface area contributed by atoms with Crippen LogP contribution >= 0.6 is 23.1 Å². The third-order valence-electron chi connectivity index (χ3n) is 6.04. The van der Waals surface area contributed by atoms with Gasteiger partial charge >= 0.3 is 0 Å². The molecule has 1 aliphatic rings. The molecule has 1 fully saturated rings. The second kappa shape index (κ2) is 9.62. The van der Waals surface area contributed by atoms with E-state index in [4.69, 9.17) is 4.98 Å². The van der Waals surface area contributed by atoms with Gasteiger partial charge in [-0.25, -0.2) is 4.98 Å². The van der Waals surface area contributed by atoms with E-state index in [9.17, 15) is 4.79 Å². The molecule has 7 nitrogen and oxygen atoms in total. The molecule has 5 rings (SSSR count). The predicted octanol–water partition coefficient (Wildman–Crippen LogP) is 4.18. The van der Waals surface area contributed by atoms with Crippen LogP contribution in [0, 0.1) is 6.92 Å². The Morgan fingerprint density at radius 2 is 1.85 bits per heavy atom. The SMILES string of the molecule is Cc1ccc(-n2cnnc2SCC(=O)N2CCN(C(C)c3nc4ccccc4s3)CC2)cc1. The van der Waals surface area contributed by atoms with Crippen LogP contribution in [0.5, 0.6) is 0 Å². The lowest BCUT2D eigenvalue weighted by Crippen LogP contribution is -2.49. The highest BCUT2D eigenvalue weighted by molar-refractivity contribution is 7.99. The molecule has 1 atom stereocenters. The highest BCUT2D eigenvalue weighted by atomic mass is 32.2. The lowest BCUT2D eigenvalue weighted by molar-refractivity contribution is -0.130. The highest BCUT2D eigenvalue weighted by Crippen LogP contribution is 2.30. The van der Waals surface area contributed by atoms with Crippen molar-refractivity contribution < 1.29 is 4.79 Å². The number of rotatable bonds is 6. The number of benzene rings is 2. The van der Waals surface area contributed by atoms with Crippen molar-refractivity contribution in [3.8, 4) is 5.69 Å². The summed E-state index contributed by atoms with van der Waals surface area (Å²) in [5, 5.41) is 10.1. The first-order valence-corrected chi connectivity index (χ1v) is 12.9. The van der Waals surface area contributed by atoms with Crippen molar-refractivity contribution in [2.75, 3.05) is 31.9 Å². The van der Waals surface area contributed by atoms with E-state index in [2.05, 4.69) is 59.3 Å². The maximum atomic E-state index is 12.9. The maximum absolute atomic E-state index is 12.9. The number of carbonyl (C=O) groups excluding carboxylic acids is 1. The van der Waals surface area contributed by atoms with Gasteiger partial charge in [0.1, 0.15) is 11.3 Å². The minimum Gasteiger partial charge on any atom is -0.339 e. The van der Waals surface area contributed by atoms with Crippen LogP contribution in [0.15, 0.2) is 60.0 Å². The zero-order valence-corrected chi connectivity index (χ0v) is 20.4. The Bertz CT molecular complexity index is 1210. The molecular formula is C24H26N6OS2. The van der Waals surface area contributed by atoms with Gasteiger partial charge in [0.05, 0.1) is 22.0 Å². The standard InChI is InChI=1S/C24H26N6OS2/c1-17-7-9-19(10-8-17)30-16-25-27-24(30)32-15-22(31)29-13-11-28(12-14-29)18(2)23-26-20-5-3-4-6-21(20)33-23/h3-10,16,18H,11-15H2,1-2H3. The fourth-order valence-corrected chi connectivity index (χ4v) is 5.89. The molecule has 4 aromatic rings. The molecule has 0 radical (unpaired) electrons. The number of piperazine rings is 1. The number of nitrogens with zero attached hydrogens (tertiary/aromatic N) is 6. The van der Waals surface area contributed by atoms with Gasteiger partial charge < -0.3 is 4.90 Å². The Hall–Kier alpha value is -2.75. The summed E-state index contributed by atoms with van der Waals surface area (Å²) in [4.78, 5) is 22.1. The van der Waals surface area contributed by atoms with Crippen LogP contribution in [0.1, 0.15) is 23.5 Å². The first kappa shape index (κ1) is 22.1. The van der Waals surface area contributed by atoms with E-state index >= 15 is 0 Å². The Kier molecular flexibility index (Phi) is 6.43. The summed E-state index contributed by atoms with van der Waals surface area (Å²) in [5.74, 6) is 0.503. The van der Waals surface area contributed by atoms with E-state index in [0.29, 0.717) is 5.75 Å². The Balaban J connectivity index is 1.15. The van der Waals surface area contributed by atoms with Crippen molar-refractivity contribution in [3.05, 3.63) is 65.4 Å². The molecule has 2 aromatic carbocycles. The summed E-state index contributed by atoms with van der Waals surface area (Å²) < 4.78 is 3.15. The van der Waals surface area contributed by atoms with Crippen molar-refractivity contribution in [2.24, 2.45) is 0 Å². The molecule has 0 saturated carbocycles. The van der Waals surface area contributed by atoms with Gasteiger partial charge in [0.25, 0.3) is 0 Å². The number of hydrogen-bond donors (Lipinski definition) is 0. The van der Waals surface area contributed by atoms with E-state index in [1.165, 1.54) is 22.0 Å². The molecule has 33 heavy (non-hydrogen) atoms. The van der Waals surface area contributed by atoms with Gasteiger partial charge in [0.15, 0.2) is 5.16 Å².